The standard InChI is InChI=1S/C22H28N2O3S/c1-14-6-8-19(16(3)10-14)24-22(26)13-28-12-21(25)23-17(4)18-11-15(2)7-9-20(18)27-5/h6-11,17H,12-13H2,1-5H3,(H,23,25)(H,24,26)/t17-/m0/s1. The van der Waals surface area contributed by atoms with Crippen LogP contribution in [0.3, 0.4) is 0 Å². The maximum absolute atomic E-state index is 12.2. The van der Waals surface area contributed by atoms with E-state index in [1.807, 2.05) is 64.1 Å². The summed E-state index contributed by atoms with van der Waals surface area (Å²) in [5, 5.41) is 5.86. The molecule has 2 aromatic carbocycles. The van der Waals surface area contributed by atoms with E-state index in [4.69, 9.17) is 4.74 Å². The van der Waals surface area contributed by atoms with Crippen molar-refractivity contribution in [2.45, 2.75) is 33.7 Å². The van der Waals surface area contributed by atoms with E-state index in [0.717, 1.165) is 33.7 Å². The fourth-order valence-electron chi connectivity index (χ4n) is 2.93. The Morgan fingerprint density at radius 3 is 2.32 bits per heavy atom. The summed E-state index contributed by atoms with van der Waals surface area (Å²) in [6.45, 7) is 7.90. The van der Waals surface area contributed by atoms with Gasteiger partial charge >= 0.3 is 0 Å². The summed E-state index contributed by atoms with van der Waals surface area (Å²) in [7, 11) is 1.62. The molecular weight excluding hydrogens is 372 g/mol. The monoisotopic (exact) mass is 400 g/mol. The number of thioether (sulfide) groups is 1. The Labute approximate surface area is 171 Å². The highest BCUT2D eigenvalue weighted by atomic mass is 32.2. The molecule has 150 valence electrons. The third-order valence-electron chi connectivity index (χ3n) is 4.35. The minimum absolute atomic E-state index is 0.111. The zero-order valence-electron chi connectivity index (χ0n) is 17.1. The number of methoxy groups -OCH3 is 1. The SMILES string of the molecule is COc1ccc(C)cc1[C@H](C)NC(=O)CSCC(=O)Nc1ccc(C)cc1C. The number of hydrogen-bond acceptors (Lipinski definition) is 4. The first-order valence-corrected chi connectivity index (χ1v) is 10.3. The zero-order chi connectivity index (χ0) is 20.7. The number of hydrogen-bond donors (Lipinski definition) is 2. The van der Waals surface area contributed by atoms with Gasteiger partial charge in [-0.25, -0.2) is 0 Å². The summed E-state index contributed by atoms with van der Waals surface area (Å²) in [4.78, 5) is 24.4. The van der Waals surface area contributed by atoms with Gasteiger partial charge in [-0.05, 0) is 45.4 Å². The molecule has 0 radical (unpaired) electrons. The molecular formula is C22H28N2O3S. The number of carbonyl (C=O) groups is 2. The molecule has 0 bridgehead atoms. The number of ether oxygens (including phenoxy) is 1. The molecule has 2 N–H and O–H groups in total. The molecule has 2 amide bonds. The number of carbonyl (C=O) groups excluding carboxylic acids is 2. The molecule has 0 saturated carbocycles. The van der Waals surface area contributed by atoms with Crippen LogP contribution in [0.15, 0.2) is 36.4 Å². The predicted octanol–water partition coefficient (Wildman–Crippen LogP) is 4.17. The lowest BCUT2D eigenvalue weighted by Crippen LogP contribution is -2.29. The molecule has 0 aliphatic heterocycles. The third-order valence-corrected chi connectivity index (χ3v) is 5.28. The maximum atomic E-state index is 12.2. The molecule has 0 aliphatic rings. The van der Waals surface area contributed by atoms with Crippen molar-refractivity contribution in [1.29, 1.82) is 0 Å². The second kappa shape index (κ2) is 10.2. The lowest BCUT2D eigenvalue weighted by molar-refractivity contribution is -0.119. The van der Waals surface area contributed by atoms with E-state index >= 15 is 0 Å². The van der Waals surface area contributed by atoms with Crippen LogP contribution in [0.25, 0.3) is 0 Å². The first-order chi connectivity index (χ1) is 13.3. The first kappa shape index (κ1) is 21.8. The van der Waals surface area contributed by atoms with Crippen LogP contribution >= 0.6 is 11.8 Å². The van der Waals surface area contributed by atoms with E-state index in [-0.39, 0.29) is 29.4 Å². The normalized spacial score (nSPS) is 11.6. The Bertz CT molecular complexity index is 852. The number of aryl methyl sites for hydroxylation is 3. The van der Waals surface area contributed by atoms with Crippen LogP contribution in [0, 0.1) is 20.8 Å². The summed E-state index contributed by atoms with van der Waals surface area (Å²) in [5.74, 6) is 0.971. The summed E-state index contributed by atoms with van der Waals surface area (Å²) in [6.07, 6.45) is 0. The van der Waals surface area contributed by atoms with Crippen molar-refractivity contribution in [2.24, 2.45) is 0 Å². The van der Waals surface area contributed by atoms with Gasteiger partial charge in [-0.1, -0.05) is 35.4 Å². The van der Waals surface area contributed by atoms with Crippen molar-refractivity contribution in [3.05, 3.63) is 58.7 Å². The van der Waals surface area contributed by atoms with Gasteiger partial charge in [0.15, 0.2) is 0 Å². The quantitative estimate of drug-likeness (QED) is 0.698. The van der Waals surface area contributed by atoms with Crippen molar-refractivity contribution in [2.75, 3.05) is 23.9 Å². The average Bonchev–Trinajstić information content (AvgIpc) is 2.64. The summed E-state index contributed by atoms with van der Waals surface area (Å²) in [5.41, 5.74) is 5.03. The van der Waals surface area contributed by atoms with E-state index in [0.29, 0.717) is 0 Å². The lowest BCUT2D eigenvalue weighted by Gasteiger charge is -2.18. The van der Waals surface area contributed by atoms with Gasteiger partial charge in [0.05, 0.1) is 24.7 Å². The van der Waals surface area contributed by atoms with Crippen LogP contribution in [0.2, 0.25) is 0 Å². The number of amides is 2. The summed E-state index contributed by atoms with van der Waals surface area (Å²) >= 11 is 1.29. The van der Waals surface area contributed by atoms with Gasteiger partial charge in [-0.3, -0.25) is 9.59 Å². The van der Waals surface area contributed by atoms with Gasteiger partial charge in [-0.2, -0.15) is 0 Å². The Kier molecular flexibility index (Phi) is 7.93. The predicted molar refractivity (Wildman–Crippen MR) is 116 cm³/mol. The Morgan fingerprint density at radius 2 is 1.64 bits per heavy atom. The average molecular weight is 401 g/mol. The Balaban J connectivity index is 1.81. The molecule has 6 heteroatoms. The largest absolute Gasteiger partial charge is 0.496 e. The van der Waals surface area contributed by atoms with Gasteiger partial charge in [0.1, 0.15) is 5.75 Å². The molecule has 5 nitrogen and oxygen atoms in total. The van der Waals surface area contributed by atoms with E-state index < -0.39 is 0 Å². The molecule has 1 atom stereocenters. The molecule has 2 aromatic rings. The molecule has 0 aromatic heterocycles. The summed E-state index contributed by atoms with van der Waals surface area (Å²) < 4.78 is 5.38. The Hall–Kier alpha value is -2.47. The van der Waals surface area contributed by atoms with Crippen LogP contribution in [-0.4, -0.2) is 30.4 Å². The molecule has 0 aliphatic carbocycles. The van der Waals surface area contributed by atoms with Crippen molar-refractivity contribution in [3.8, 4) is 5.75 Å². The second-order valence-corrected chi connectivity index (χ2v) is 7.88. The summed E-state index contributed by atoms with van der Waals surface area (Å²) in [6, 6.07) is 11.6. The molecule has 0 saturated heterocycles. The van der Waals surface area contributed by atoms with Gasteiger partial charge in [0.25, 0.3) is 0 Å². The number of anilines is 1. The minimum Gasteiger partial charge on any atom is -0.496 e. The minimum atomic E-state index is -0.174. The van der Waals surface area contributed by atoms with Gasteiger partial charge in [0, 0.05) is 11.3 Å². The molecule has 0 unspecified atom stereocenters. The number of nitrogens with one attached hydrogen (secondary N) is 2. The molecule has 0 spiro atoms. The van der Waals surface area contributed by atoms with Gasteiger partial charge < -0.3 is 15.4 Å². The van der Waals surface area contributed by atoms with Crippen molar-refractivity contribution in [1.82, 2.24) is 5.32 Å². The van der Waals surface area contributed by atoms with Gasteiger partial charge in [0.2, 0.25) is 11.8 Å². The fraction of sp³-hybridized carbons (Fsp3) is 0.364. The number of rotatable bonds is 8. The Morgan fingerprint density at radius 1 is 1.00 bits per heavy atom. The van der Waals surface area contributed by atoms with Crippen LogP contribution in [0.4, 0.5) is 5.69 Å². The van der Waals surface area contributed by atoms with E-state index in [2.05, 4.69) is 10.6 Å². The second-order valence-electron chi connectivity index (χ2n) is 6.89. The van der Waals surface area contributed by atoms with Crippen LogP contribution in [-0.2, 0) is 9.59 Å². The van der Waals surface area contributed by atoms with Crippen LogP contribution in [0.1, 0.15) is 35.2 Å². The maximum Gasteiger partial charge on any atom is 0.234 e. The van der Waals surface area contributed by atoms with E-state index in [1.54, 1.807) is 7.11 Å². The third kappa shape index (κ3) is 6.30. The molecule has 28 heavy (non-hydrogen) atoms. The highest BCUT2D eigenvalue weighted by Gasteiger charge is 2.15. The van der Waals surface area contributed by atoms with Crippen LogP contribution < -0.4 is 15.4 Å². The topological polar surface area (TPSA) is 67.4 Å². The first-order valence-electron chi connectivity index (χ1n) is 9.19. The zero-order valence-corrected chi connectivity index (χ0v) is 17.9. The molecule has 2 rings (SSSR count). The van der Waals surface area contributed by atoms with Crippen molar-refractivity contribution < 1.29 is 14.3 Å². The van der Waals surface area contributed by atoms with E-state index in [1.165, 1.54) is 11.8 Å². The fourth-order valence-corrected chi connectivity index (χ4v) is 3.56. The van der Waals surface area contributed by atoms with Crippen molar-refractivity contribution in [3.63, 3.8) is 0 Å². The smallest absolute Gasteiger partial charge is 0.234 e. The van der Waals surface area contributed by atoms with Gasteiger partial charge in [-0.15, -0.1) is 11.8 Å². The highest BCUT2D eigenvalue weighted by molar-refractivity contribution is 8.00. The highest BCUT2D eigenvalue weighted by Crippen LogP contribution is 2.26. The molecule has 0 heterocycles. The van der Waals surface area contributed by atoms with E-state index in [9.17, 15) is 9.59 Å². The molecule has 0 fully saturated rings. The van der Waals surface area contributed by atoms with Crippen molar-refractivity contribution >= 4 is 29.3 Å². The lowest BCUT2D eigenvalue weighted by atomic mass is 10.0. The van der Waals surface area contributed by atoms with Crippen LogP contribution in [0.5, 0.6) is 5.75 Å². The number of benzene rings is 2.